The van der Waals surface area contributed by atoms with Gasteiger partial charge in [0.2, 0.25) is 10.0 Å². The lowest BCUT2D eigenvalue weighted by atomic mass is 10.1. The molecular weight excluding hydrogens is 288 g/mol. The molecule has 1 aromatic carbocycles. The lowest BCUT2D eigenvalue weighted by Crippen LogP contribution is -2.23. The average molecular weight is 307 g/mol. The molecule has 0 spiro atoms. The molecule has 0 heterocycles. The lowest BCUT2D eigenvalue weighted by molar-refractivity contribution is 0.174. The van der Waals surface area contributed by atoms with Crippen molar-refractivity contribution in [3.63, 3.8) is 0 Å². The molecule has 2 rings (SSSR count). The number of hydrogen-bond donors (Lipinski definition) is 3. The maximum absolute atomic E-state index is 11.0. The van der Waals surface area contributed by atoms with E-state index >= 15 is 0 Å². The van der Waals surface area contributed by atoms with Crippen molar-refractivity contribution in [2.75, 3.05) is 17.5 Å². The van der Waals surface area contributed by atoms with E-state index in [2.05, 4.69) is 10.0 Å². The van der Waals surface area contributed by atoms with Gasteiger partial charge in [-0.05, 0) is 30.5 Å². The normalized spacial score (nSPS) is 16.5. The standard InChI is InChI=1S/C12H18N2O3S.ClH/c1-18(16,17)14-11-4-2-9(3-5-11)12(15)8-13-10-6-7-10;/h2-5,10,12-15H,6-8H2,1H3;1H. The maximum Gasteiger partial charge on any atom is 0.229 e. The van der Waals surface area contributed by atoms with Gasteiger partial charge in [0.1, 0.15) is 0 Å². The zero-order chi connectivity index (χ0) is 13.2. The molecule has 0 aliphatic heterocycles. The number of hydrogen-bond acceptors (Lipinski definition) is 4. The highest BCUT2D eigenvalue weighted by molar-refractivity contribution is 7.92. The molecule has 0 amide bonds. The number of anilines is 1. The number of rotatable bonds is 6. The van der Waals surface area contributed by atoms with Crippen LogP contribution in [0.5, 0.6) is 0 Å². The summed E-state index contributed by atoms with van der Waals surface area (Å²) in [5.41, 5.74) is 1.28. The highest BCUT2D eigenvalue weighted by Crippen LogP contribution is 2.21. The first-order chi connectivity index (χ1) is 8.44. The third-order valence-corrected chi connectivity index (χ3v) is 3.38. The minimum atomic E-state index is -3.25. The summed E-state index contributed by atoms with van der Waals surface area (Å²) in [5, 5.41) is 13.2. The molecule has 0 aromatic heterocycles. The van der Waals surface area contributed by atoms with Crippen molar-refractivity contribution in [1.29, 1.82) is 0 Å². The summed E-state index contributed by atoms with van der Waals surface area (Å²) in [7, 11) is -3.25. The molecule has 0 radical (unpaired) electrons. The van der Waals surface area contributed by atoms with Crippen LogP contribution in [0, 0.1) is 0 Å². The van der Waals surface area contributed by atoms with E-state index in [1.807, 2.05) is 0 Å². The monoisotopic (exact) mass is 306 g/mol. The van der Waals surface area contributed by atoms with Crippen molar-refractivity contribution in [2.45, 2.75) is 25.0 Å². The Bertz CT molecular complexity index is 500. The van der Waals surface area contributed by atoms with E-state index < -0.39 is 16.1 Å². The largest absolute Gasteiger partial charge is 0.387 e. The van der Waals surface area contributed by atoms with Crippen LogP contribution < -0.4 is 10.0 Å². The smallest absolute Gasteiger partial charge is 0.229 e. The van der Waals surface area contributed by atoms with Gasteiger partial charge in [0.15, 0.2) is 0 Å². The highest BCUT2D eigenvalue weighted by atomic mass is 35.5. The van der Waals surface area contributed by atoms with Gasteiger partial charge in [-0.2, -0.15) is 0 Å². The van der Waals surface area contributed by atoms with Crippen LogP contribution in [0.25, 0.3) is 0 Å². The summed E-state index contributed by atoms with van der Waals surface area (Å²) in [6.45, 7) is 0.531. The Kier molecular flexibility index (Phi) is 5.61. The average Bonchev–Trinajstić information content (AvgIpc) is 3.08. The topological polar surface area (TPSA) is 78.4 Å². The Morgan fingerprint density at radius 1 is 1.32 bits per heavy atom. The van der Waals surface area contributed by atoms with E-state index in [-0.39, 0.29) is 12.4 Å². The molecule has 19 heavy (non-hydrogen) atoms. The van der Waals surface area contributed by atoms with Gasteiger partial charge in [-0.1, -0.05) is 12.1 Å². The Balaban J connectivity index is 0.00000180. The second-order valence-electron chi connectivity index (χ2n) is 4.69. The molecule has 1 fully saturated rings. The molecule has 0 bridgehead atoms. The van der Waals surface area contributed by atoms with E-state index in [4.69, 9.17) is 0 Å². The number of aliphatic hydroxyl groups is 1. The molecule has 1 unspecified atom stereocenters. The van der Waals surface area contributed by atoms with Crippen molar-refractivity contribution in [1.82, 2.24) is 5.32 Å². The maximum atomic E-state index is 11.0. The molecule has 5 nitrogen and oxygen atoms in total. The van der Waals surface area contributed by atoms with E-state index in [9.17, 15) is 13.5 Å². The second kappa shape index (κ2) is 6.56. The first kappa shape index (κ1) is 16.2. The molecule has 1 aliphatic carbocycles. The van der Waals surface area contributed by atoms with Crippen molar-refractivity contribution >= 4 is 28.1 Å². The first-order valence-corrected chi connectivity index (χ1v) is 7.82. The Morgan fingerprint density at radius 3 is 2.37 bits per heavy atom. The number of benzene rings is 1. The second-order valence-corrected chi connectivity index (χ2v) is 6.44. The molecule has 3 N–H and O–H groups in total. The highest BCUT2D eigenvalue weighted by Gasteiger charge is 2.21. The fraction of sp³-hybridized carbons (Fsp3) is 0.500. The van der Waals surface area contributed by atoms with Crippen molar-refractivity contribution in [3.05, 3.63) is 29.8 Å². The molecule has 1 aliphatic rings. The van der Waals surface area contributed by atoms with Crippen molar-refractivity contribution in [2.24, 2.45) is 0 Å². The molecule has 1 saturated carbocycles. The number of aliphatic hydroxyl groups excluding tert-OH is 1. The van der Waals surface area contributed by atoms with E-state index in [1.165, 1.54) is 12.8 Å². The zero-order valence-electron chi connectivity index (χ0n) is 10.7. The van der Waals surface area contributed by atoms with E-state index in [0.29, 0.717) is 18.3 Å². The predicted octanol–water partition coefficient (Wildman–Crippen LogP) is 1.27. The predicted molar refractivity (Wildman–Crippen MR) is 78.1 cm³/mol. The fourth-order valence-electron chi connectivity index (χ4n) is 1.67. The van der Waals surface area contributed by atoms with E-state index in [1.54, 1.807) is 24.3 Å². The molecule has 7 heteroatoms. The van der Waals surface area contributed by atoms with E-state index in [0.717, 1.165) is 11.8 Å². The van der Waals surface area contributed by atoms with Crippen LogP contribution in [-0.4, -0.2) is 32.4 Å². The van der Waals surface area contributed by atoms with Crippen LogP contribution in [0.15, 0.2) is 24.3 Å². The Morgan fingerprint density at radius 2 is 1.89 bits per heavy atom. The van der Waals surface area contributed by atoms with Crippen LogP contribution in [0.2, 0.25) is 0 Å². The number of nitrogens with one attached hydrogen (secondary N) is 2. The van der Waals surface area contributed by atoms with Gasteiger partial charge in [-0.3, -0.25) is 4.72 Å². The third kappa shape index (κ3) is 5.78. The van der Waals surface area contributed by atoms with Gasteiger partial charge in [-0.15, -0.1) is 12.4 Å². The van der Waals surface area contributed by atoms with Crippen LogP contribution in [0.1, 0.15) is 24.5 Å². The summed E-state index contributed by atoms with van der Waals surface area (Å²) in [6, 6.07) is 7.32. The van der Waals surface area contributed by atoms with Gasteiger partial charge in [0.05, 0.1) is 12.4 Å². The van der Waals surface area contributed by atoms with Crippen LogP contribution >= 0.6 is 12.4 Å². The minimum absolute atomic E-state index is 0. The lowest BCUT2D eigenvalue weighted by Gasteiger charge is -2.12. The zero-order valence-corrected chi connectivity index (χ0v) is 12.3. The first-order valence-electron chi connectivity index (χ1n) is 5.93. The summed E-state index contributed by atoms with van der Waals surface area (Å²) >= 11 is 0. The van der Waals surface area contributed by atoms with Gasteiger partial charge >= 0.3 is 0 Å². The Hall–Kier alpha value is -0.820. The summed E-state index contributed by atoms with van der Waals surface area (Å²) in [4.78, 5) is 0. The fourth-order valence-corrected chi connectivity index (χ4v) is 2.24. The van der Waals surface area contributed by atoms with Gasteiger partial charge in [0, 0.05) is 18.3 Å². The molecule has 1 aromatic rings. The molecule has 0 saturated heterocycles. The van der Waals surface area contributed by atoms with Crippen LogP contribution in [0.3, 0.4) is 0 Å². The number of halogens is 1. The summed E-state index contributed by atoms with van der Waals surface area (Å²) in [5.74, 6) is 0. The third-order valence-electron chi connectivity index (χ3n) is 2.78. The van der Waals surface area contributed by atoms with Gasteiger partial charge < -0.3 is 10.4 Å². The summed E-state index contributed by atoms with van der Waals surface area (Å²) in [6.07, 6.45) is 2.92. The Labute approximate surface area is 119 Å². The molecule has 1 atom stereocenters. The van der Waals surface area contributed by atoms with Crippen LogP contribution in [0.4, 0.5) is 5.69 Å². The van der Waals surface area contributed by atoms with Gasteiger partial charge in [-0.25, -0.2) is 8.42 Å². The molecule has 108 valence electrons. The molecular formula is C12H19ClN2O3S. The van der Waals surface area contributed by atoms with Crippen molar-refractivity contribution in [3.8, 4) is 0 Å². The number of sulfonamides is 1. The summed E-state index contributed by atoms with van der Waals surface area (Å²) < 4.78 is 24.4. The quantitative estimate of drug-likeness (QED) is 0.739. The SMILES string of the molecule is CS(=O)(=O)Nc1ccc(C(O)CNC2CC2)cc1.Cl. The van der Waals surface area contributed by atoms with Gasteiger partial charge in [0.25, 0.3) is 0 Å². The minimum Gasteiger partial charge on any atom is -0.387 e. The van der Waals surface area contributed by atoms with Crippen molar-refractivity contribution < 1.29 is 13.5 Å². The van der Waals surface area contributed by atoms with Crippen LogP contribution in [-0.2, 0) is 10.0 Å².